The number of aromatic nitrogens is 3. The van der Waals surface area contributed by atoms with Crippen molar-refractivity contribution in [2.24, 2.45) is 0 Å². The van der Waals surface area contributed by atoms with Crippen molar-refractivity contribution in [2.45, 2.75) is 13.3 Å². The summed E-state index contributed by atoms with van der Waals surface area (Å²) in [4.78, 5) is 13.7. The molecule has 0 aromatic carbocycles. The van der Waals surface area contributed by atoms with Gasteiger partial charge in [0.15, 0.2) is 5.82 Å². The van der Waals surface area contributed by atoms with E-state index >= 15 is 0 Å². The molecular formula is C5H6N3NaO2. The molecule has 0 radical (unpaired) electrons. The number of aromatic amines is 1. The quantitative estimate of drug-likeness (QED) is 0.445. The fourth-order valence-corrected chi connectivity index (χ4v) is 0.597. The van der Waals surface area contributed by atoms with Crippen molar-refractivity contribution >= 4 is 5.97 Å². The number of nitrogens with one attached hydrogen (secondary N) is 1. The van der Waals surface area contributed by atoms with E-state index in [2.05, 4.69) is 15.2 Å². The maximum absolute atomic E-state index is 9.97. The second kappa shape index (κ2) is 4.48. The molecule has 6 heteroatoms. The number of nitrogens with zero attached hydrogens (tertiary/aromatic N) is 2. The van der Waals surface area contributed by atoms with Crippen LogP contribution in [0.25, 0.3) is 0 Å². The summed E-state index contributed by atoms with van der Waals surface area (Å²) in [5.74, 6) is -0.298. The first-order valence-electron chi connectivity index (χ1n) is 2.76. The number of hydrogen-bond acceptors (Lipinski definition) is 4. The van der Waals surface area contributed by atoms with Gasteiger partial charge in [-0.15, -0.1) is 0 Å². The van der Waals surface area contributed by atoms with Crippen molar-refractivity contribution in [1.82, 2.24) is 15.2 Å². The number of aliphatic carboxylic acids is 1. The van der Waals surface area contributed by atoms with Crippen molar-refractivity contribution < 1.29 is 39.5 Å². The Morgan fingerprint density at radius 2 is 2.36 bits per heavy atom. The predicted molar refractivity (Wildman–Crippen MR) is 29.8 cm³/mol. The molecule has 1 rings (SSSR count). The third-order valence-corrected chi connectivity index (χ3v) is 0.946. The maximum Gasteiger partial charge on any atom is 1.00 e. The van der Waals surface area contributed by atoms with E-state index in [4.69, 9.17) is 0 Å². The second-order valence-electron chi connectivity index (χ2n) is 1.89. The SMILES string of the molecule is Cc1nc(CC(=O)[O-])n[nH]1.[Na+]. The fraction of sp³-hybridized carbons (Fsp3) is 0.400. The monoisotopic (exact) mass is 163 g/mol. The zero-order valence-electron chi connectivity index (χ0n) is 6.42. The molecule has 0 saturated heterocycles. The summed E-state index contributed by atoms with van der Waals surface area (Å²) < 4.78 is 0. The van der Waals surface area contributed by atoms with Crippen LogP contribution in [-0.2, 0) is 11.2 Å². The normalized spacial score (nSPS) is 8.82. The van der Waals surface area contributed by atoms with Gasteiger partial charge in [-0.25, -0.2) is 4.98 Å². The summed E-state index contributed by atoms with van der Waals surface area (Å²) in [7, 11) is 0. The Morgan fingerprint density at radius 3 is 2.73 bits per heavy atom. The fourth-order valence-electron chi connectivity index (χ4n) is 0.597. The smallest absolute Gasteiger partial charge is 0.550 e. The molecule has 0 atom stereocenters. The Labute approximate surface area is 85.5 Å². The Hall–Kier alpha value is -0.390. The summed E-state index contributed by atoms with van der Waals surface area (Å²) >= 11 is 0. The first-order valence-corrected chi connectivity index (χ1v) is 2.76. The molecule has 0 bridgehead atoms. The maximum atomic E-state index is 9.97. The van der Waals surface area contributed by atoms with Crippen LogP contribution in [0.1, 0.15) is 11.6 Å². The van der Waals surface area contributed by atoms with Crippen LogP contribution in [0.15, 0.2) is 0 Å². The molecule has 0 aliphatic rings. The van der Waals surface area contributed by atoms with Crippen LogP contribution < -0.4 is 34.7 Å². The van der Waals surface area contributed by atoms with E-state index in [0.717, 1.165) is 0 Å². The zero-order valence-corrected chi connectivity index (χ0v) is 8.42. The molecule has 0 fully saturated rings. The Morgan fingerprint density at radius 1 is 1.73 bits per heavy atom. The van der Waals surface area contributed by atoms with Crippen molar-refractivity contribution in [3.05, 3.63) is 11.6 Å². The standard InChI is InChI=1S/C5H7N3O2.Na/c1-3-6-4(8-7-3)2-5(9)10;/h2H2,1H3,(H,9,10)(H,6,7,8);/q;+1/p-1. The summed E-state index contributed by atoms with van der Waals surface area (Å²) in [5, 5.41) is 16.1. The molecule has 1 aromatic heterocycles. The number of aryl methyl sites for hydroxylation is 1. The van der Waals surface area contributed by atoms with Crippen molar-refractivity contribution in [3.63, 3.8) is 0 Å². The van der Waals surface area contributed by atoms with E-state index in [9.17, 15) is 9.90 Å². The Kier molecular flexibility index (Phi) is 4.32. The number of rotatable bonds is 2. The van der Waals surface area contributed by atoms with Gasteiger partial charge in [-0.1, -0.05) is 0 Å². The van der Waals surface area contributed by atoms with Crippen molar-refractivity contribution in [3.8, 4) is 0 Å². The zero-order chi connectivity index (χ0) is 7.56. The molecule has 5 nitrogen and oxygen atoms in total. The van der Waals surface area contributed by atoms with Gasteiger partial charge in [0.2, 0.25) is 0 Å². The van der Waals surface area contributed by atoms with Gasteiger partial charge in [-0.3, -0.25) is 5.10 Å². The van der Waals surface area contributed by atoms with Crippen LogP contribution in [0.5, 0.6) is 0 Å². The second-order valence-corrected chi connectivity index (χ2v) is 1.89. The van der Waals surface area contributed by atoms with Crippen molar-refractivity contribution in [1.29, 1.82) is 0 Å². The minimum Gasteiger partial charge on any atom is -0.550 e. The molecule has 0 aliphatic heterocycles. The molecule has 0 aliphatic carbocycles. The van der Waals surface area contributed by atoms with Gasteiger partial charge in [0.25, 0.3) is 0 Å². The molecule has 0 saturated carbocycles. The molecule has 54 valence electrons. The van der Waals surface area contributed by atoms with Crippen LogP contribution in [0, 0.1) is 6.92 Å². The van der Waals surface area contributed by atoms with E-state index in [1.807, 2.05) is 0 Å². The Balaban J connectivity index is 0.000001000. The minimum atomic E-state index is -1.17. The third-order valence-electron chi connectivity index (χ3n) is 0.946. The molecule has 1 heterocycles. The van der Waals surface area contributed by atoms with Gasteiger partial charge in [-0.05, 0) is 6.92 Å². The van der Waals surface area contributed by atoms with E-state index in [1.54, 1.807) is 6.92 Å². The number of carboxylic acids is 1. The van der Waals surface area contributed by atoms with Gasteiger partial charge < -0.3 is 9.90 Å². The average molecular weight is 163 g/mol. The minimum absolute atomic E-state index is 0. The van der Waals surface area contributed by atoms with Gasteiger partial charge in [0.05, 0.1) is 0 Å². The molecule has 1 N–H and O–H groups in total. The predicted octanol–water partition coefficient (Wildman–Crippen LogP) is -4.59. The van der Waals surface area contributed by atoms with Crippen LogP contribution in [0.4, 0.5) is 0 Å². The first-order chi connectivity index (χ1) is 4.68. The van der Waals surface area contributed by atoms with E-state index in [-0.39, 0.29) is 41.8 Å². The van der Waals surface area contributed by atoms with Crippen LogP contribution >= 0.6 is 0 Å². The van der Waals surface area contributed by atoms with Crippen LogP contribution in [0.3, 0.4) is 0 Å². The molecule has 11 heavy (non-hydrogen) atoms. The van der Waals surface area contributed by atoms with Gasteiger partial charge in [0, 0.05) is 12.4 Å². The molecule has 1 aromatic rings. The summed E-state index contributed by atoms with van der Waals surface area (Å²) in [6.45, 7) is 1.70. The summed E-state index contributed by atoms with van der Waals surface area (Å²) in [6.07, 6.45) is -0.232. The van der Waals surface area contributed by atoms with E-state index in [0.29, 0.717) is 5.82 Å². The number of H-pyrrole nitrogens is 1. The first kappa shape index (κ1) is 10.6. The Bertz CT molecular complexity index is 248. The van der Waals surface area contributed by atoms with Gasteiger partial charge >= 0.3 is 29.6 Å². The van der Waals surface area contributed by atoms with Gasteiger partial charge in [0.1, 0.15) is 5.82 Å². The summed E-state index contributed by atoms with van der Waals surface area (Å²) in [6, 6.07) is 0. The third kappa shape index (κ3) is 3.50. The number of carbonyl (C=O) groups is 1. The van der Waals surface area contributed by atoms with E-state index in [1.165, 1.54) is 0 Å². The van der Waals surface area contributed by atoms with Gasteiger partial charge in [-0.2, -0.15) is 5.10 Å². The number of carbonyl (C=O) groups excluding carboxylic acids is 1. The number of hydrogen-bond donors (Lipinski definition) is 1. The largest absolute Gasteiger partial charge is 1.00 e. The average Bonchev–Trinajstić information content (AvgIpc) is 2.13. The van der Waals surface area contributed by atoms with Crippen molar-refractivity contribution in [2.75, 3.05) is 0 Å². The number of carboxylic acid groups (broad SMARTS) is 1. The van der Waals surface area contributed by atoms with E-state index < -0.39 is 5.97 Å². The molecule has 0 unspecified atom stereocenters. The summed E-state index contributed by atoms with van der Waals surface area (Å²) in [5.41, 5.74) is 0. The van der Waals surface area contributed by atoms with Crippen LogP contribution in [-0.4, -0.2) is 21.2 Å². The molecule has 0 spiro atoms. The molecule has 0 amide bonds. The van der Waals surface area contributed by atoms with Crippen LogP contribution in [0.2, 0.25) is 0 Å². The topological polar surface area (TPSA) is 81.7 Å². The molecular weight excluding hydrogens is 157 g/mol.